The fraction of sp³-hybridized carbons (Fsp3) is 0.250. The molecule has 1 heterocycles. The molecule has 1 aromatic heterocycles. The van der Waals surface area contributed by atoms with Crippen LogP contribution in [0.25, 0.3) is 5.69 Å². The number of aromatic nitrogens is 2. The van der Waals surface area contributed by atoms with Gasteiger partial charge in [-0.1, -0.05) is 13.0 Å². The Balaban J connectivity index is 2.48. The van der Waals surface area contributed by atoms with E-state index in [1.54, 1.807) is 0 Å². The molecule has 2 aromatic rings. The van der Waals surface area contributed by atoms with Crippen LogP contribution in [0.3, 0.4) is 0 Å². The van der Waals surface area contributed by atoms with Crippen molar-refractivity contribution in [3.8, 4) is 5.69 Å². The molecule has 0 saturated carbocycles. The summed E-state index contributed by atoms with van der Waals surface area (Å²) >= 11 is 3.57. The molecule has 2 N–H and O–H groups in total. The summed E-state index contributed by atoms with van der Waals surface area (Å²) in [5, 5.41) is 0. The zero-order valence-electron chi connectivity index (χ0n) is 9.15. The van der Waals surface area contributed by atoms with Gasteiger partial charge in [-0.05, 0) is 33.6 Å². The lowest BCUT2D eigenvalue weighted by molar-refractivity contribution is 0.887. The first-order valence-electron chi connectivity index (χ1n) is 5.27. The number of imidazole rings is 1. The largest absolute Gasteiger partial charge is 0.326 e. The number of halogens is 1. The van der Waals surface area contributed by atoms with Gasteiger partial charge in [0.2, 0.25) is 0 Å². The van der Waals surface area contributed by atoms with Crippen molar-refractivity contribution in [2.45, 2.75) is 19.9 Å². The monoisotopic (exact) mass is 279 g/mol. The quantitative estimate of drug-likeness (QED) is 0.939. The third-order valence-electron chi connectivity index (χ3n) is 2.54. The fourth-order valence-corrected chi connectivity index (χ4v) is 2.31. The Morgan fingerprint density at radius 2 is 2.25 bits per heavy atom. The number of hydrogen-bond donors (Lipinski definition) is 1. The molecule has 2 rings (SSSR count). The number of nitrogens with two attached hydrogens (primary N) is 1. The van der Waals surface area contributed by atoms with E-state index >= 15 is 0 Å². The molecule has 1 aromatic carbocycles. The number of benzene rings is 1. The molecule has 0 aliphatic heterocycles. The van der Waals surface area contributed by atoms with Gasteiger partial charge >= 0.3 is 0 Å². The highest BCUT2D eigenvalue weighted by atomic mass is 79.9. The van der Waals surface area contributed by atoms with Crippen LogP contribution in [0.15, 0.2) is 35.1 Å². The minimum atomic E-state index is 0.559. The van der Waals surface area contributed by atoms with Crippen molar-refractivity contribution >= 4 is 15.9 Å². The SMILES string of the molecule is CCc1nccn1-c1ccc(CN)cc1Br. The fourth-order valence-electron chi connectivity index (χ4n) is 1.69. The molecule has 0 aliphatic rings. The topological polar surface area (TPSA) is 43.8 Å². The van der Waals surface area contributed by atoms with Crippen molar-refractivity contribution in [3.63, 3.8) is 0 Å². The van der Waals surface area contributed by atoms with Crippen LogP contribution in [-0.2, 0) is 13.0 Å². The summed E-state index contributed by atoms with van der Waals surface area (Å²) in [6.07, 6.45) is 4.71. The predicted molar refractivity (Wildman–Crippen MR) is 68.5 cm³/mol. The summed E-state index contributed by atoms with van der Waals surface area (Å²) in [7, 11) is 0. The maximum Gasteiger partial charge on any atom is 0.112 e. The van der Waals surface area contributed by atoms with Gasteiger partial charge in [-0.2, -0.15) is 0 Å². The number of nitrogens with zero attached hydrogens (tertiary/aromatic N) is 2. The first-order chi connectivity index (χ1) is 7.76. The van der Waals surface area contributed by atoms with Crippen LogP contribution in [0.1, 0.15) is 18.3 Å². The van der Waals surface area contributed by atoms with Gasteiger partial charge in [-0.3, -0.25) is 0 Å². The summed E-state index contributed by atoms with van der Waals surface area (Å²) in [5.41, 5.74) is 7.83. The van der Waals surface area contributed by atoms with Gasteiger partial charge in [-0.25, -0.2) is 4.98 Å². The van der Waals surface area contributed by atoms with Crippen LogP contribution in [0.2, 0.25) is 0 Å². The second-order valence-corrected chi connectivity index (χ2v) is 4.41. The third kappa shape index (κ3) is 2.03. The van der Waals surface area contributed by atoms with Crippen LogP contribution in [0.4, 0.5) is 0 Å². The maximum absolute atomic E-state index is 5.60. The van der Waals surface area contributed by atoms with E-state index in [9.17, 15) is 0 Å². The smallest absolute Gasteiger partial charge is 0.112 e. The minimum absolute atomic E-state index is 0.559. The van der Waals surface area contributed by atoms with Crippen LogP contribution >= 0.6 is 15.9 Å². The summed E-state index contributed by atoms with van der Waals surface area (Å²) in [5.74, 6) is 1.06. The molecule has 84 valence electrons. The summed E-state index contributed by atoms with van der Waals surface area (Å²) in [6, 6.07) is 6.15. The number of rotatable bonds is 3. The Hall–Kier alpha value is -1.13. The predicted octanol–water partition coefficient (Wildman–Crippen LogP) is 2.66. The first-order valence-corrected chi connectivity index (χ1v) is 6.06. The molecule has 0 radical (unpaired) electrons. The molecule has 0 saturated heterocycles. The van der Waals surface area contributed by atoms with Crippen molar-refractivity contribution in [1.29, 1.82) is 0 Å². The van der Waals surface area contributed by atoms with E-state index in [1.807, 2.05) is 18.5 Å². The molecular formula is C12H14BrN3. The Morgan fingerprint density at radius 3 is 2.88 bits per heavy atom. The number of hydrogen-bond acceptors (Lipinski definition) is 2. The van der Waals surface area contributed by atoms with E-state index < -0.39 is 0 Å². The molecule has 16 heavy (non-hydrogen) atoms. The lowest BCUT2D eigenvalue weighted by Crippen LogP contribution is -2.02. The molecular weight excluding hydrogens is 266 g/mol. The maximum atomic E-state index is 5.60. The molecule has 0 bridgehead atoms. The Morgan fingerprint density at radius 1 is 1.44 bits per heavy atom. The van der Waals surface area contributed by atoms with E-state index in [0.29, 0.717) is 6.54 Å². The highest BCUT2D eigenvalue weighted by Crippen LogP contribution is 2.23. The number of aryl methyl sites for hydroxylation is 1. The van der Waals surface area contributed by atoms with Crippen LogP contribution < -0.4 is 5.73 Å². The first kappa shape index (κ1) is 11.4. The van der Waals surface area contributed by atoms with Gasteiger partial charge in [0.05, 0.1) is 5.69 Å². The Bertz CT molecular complexity index is 491. The third-order valence-corrected chi connectivity index (χ3v) is 3.18. The van der Waals surface area contributed by atoms with Crippen molar-refractivity contribution in [3.05, 3.63) is 46.5 Å². The van der Waals surface area contributed by atoms with Crippen molar-refractivity contribution in [1.82, 2.24) is 9.55 Å². The zero-order chi connectivity index (χ0) is 11.5. The molecule has 0 spiro atoms. The summed E-state index contributed by atoms with van der Waals surface area (Å²) < 4.78 is 3.13. The average molecular weight is 280 g/mol. The minimum Gasteiger partial charge on any atom is -0.326 e. The highest BCUT2D eigenvalue weighted by Gasteiger charge is 2.06. The van der Waals surface area contributed by atoms with Gasteiger partial charge < -0.3 is 10.3 Å². The Labute approximate surface area is 103 Å². The molecule has 0 aliphatic carbocycles. The Kier molecular flexibility index (Phi) is 3.41. The van der Waals surface area contributed by atoms with Gasteiger partial charge in [0.25, 0.3) is 0 Å². The molecule has 4 heteroatoms. The normalized spacial score (nSPS) is 10.7. The summed E-state index contributed by atoms with van der Waals surface area (Å²) in [6.45, 7) is 2.66. The summed E-state index contributed by atoms with van der Waals surface area (Å²) in [4.78, 5) is 4.31. The molecule has 0 unspecified atom stereocenters. The van der Waals surface area contributed by atoms with Crippen molar-refractivity contribution in [2.75, 3.05) is 0 Å². The van der Waals surface area contributed by atoms with E-state index in [0.717, 1.165) is 28.0 Å². The van der Waals surface area contributed by atoms with E-state index in [4.69, 9.17) is 5.73 Å². The van der Waals surface area contributed by atoms with E-state index in [2.05, 4.69) is 44.5 Å². The zero-order valence-corrected chi connectivity index (χ0v) is 10.7. The molecule has 0 atom stereocenters. The molecule has 3 nitrogen and oxygen atoms in total. The highest BCUT2D eigenvalue weighted by molar-refractivity contribution is 9.10. The second kappa shape index (κ2) is 4.80. The van der Waals surface area contributed by atoms with Gasteiger partial charge in [-0.15, -0.1) is 0 Å². The van der Waals surface area contributed by atoms with Gasteiger partial charge in [0.15, 0.2) is 0 Å². The second-order valence-electron chi connectivity index (χ2n) is 3.56. The van der Waals surface area contributed by atoms with Crippen LogP contribution in [0.5, 0.6) is 0 Å². The van der Waals surface area contributed by atoms with Crippen LogP contribution in [-0.4, -0.2) is 9.55 Å². The van der Waals surface area contributed by atoms with E-state index in [-0.39, 0.29) is 0 Å². The standard InChI is InChI=1S/C12H14BrN3/c1-2-12-15-5-6-16(12)11-4-3-9(8-14)7-10(11)13/h3-7H,2,8,14H2,1H3. The van der Waals surface area contributed by atoms with Crippen molar-refractivity contribution < 1.29 is 0 Å². The van der Waals surface area contributed by atoms with E-state index in [1.165, 1.54) is 0 Å². The van der Waals surface area contributed by atoms with Crippen LogP contribution in [0, 0.1) is 0 Å². The lowest BCUT2D eigenvalue weighted by Gasteiger charge is -2.10. The van der Waals surface area contributed by atoms with Gasteiger partial charge in [0.1, 0.15) is 5.82 Å². The lowest BCUT2D eigenvalue weighted by atomic mass is 10.2. The molecule has 0 amide bonds. The average Bonchev–Trinajstić information content (AvgIpc) is 2.76. The van der Waals surface area contributed by atoms with Gasteiger partial charge in [0, 0.05) is 29.8 Å². The van der Waals surface area contributed by atoms with Crippen molar-refractivity contribution in [2.24, 2.45) is 5.73 Å². The molecule has 0 fully saturated rings.